The van der Waals surface area contributed by atoms with Crippen LogP contribution in [0, 0.1) is 0 Å². The fraction of sp³-hybridized carbons (Fsp3) is 0.353. The molecule has 0 N–H and O–H groups in total. The van der Waals surface area contributed by atoms with E-state index in [1.54, 1.807) is 0 Å². The molecule has 0 bridgehead atoms. The molecule has 2 aromatic rings. The second-order valence-corrected chi connectivity index (χ2v) is 6.24. The van der Waals surface area contributed by atoms with Crippen LogP contribution in [0.5, 0.6) is 0 Å². The van der Waals surface area contributed by atoms with E-state index in [2.05, 4.69) is 22.9 Å². The summed E-state index contributed by atoms with van der Waals surface area (Å²) < 4.78 is 5.42. The lowest BCUT2D eigenvalue weighted by atomic mass is 10.0. The van der Waals surface area contributed by atoms with Gasteiger partial charge in [0.15, 0.2) is 0 Å². The van der Waals surface area contributed by atoms with Crippen molar-refractivity contribution in [2.24, 2.45) is 0 Å². The normalized spacial score (nSPS) is 17.4. The Bertz CT molecular complexity index is 657. The topological polar surface area (TPSA) is 25.4 Å². The Morgan fingerprint density at radius 2 is 1.95 bits per heavy atom. The number of aromatic nitrogens is 1. The van der Waals surface area contributed by atoms with Gasteiger partial charge in [0.1, 0.15) is 5.15 Å². The summed E-state index contributed by atoms with van der Waals surface area (Å²) >= 11 is 12.4. The highest BCUT2D eigenvalue weighted by molar-refractivity contribution is 6.32. The number of nitrogens with zero attached hydrogens (tertiary/aromatic N) is 2. The van der Waals surface area contributed by atoms with Crippen molar-refractivity contribution < 1.29 is 4.74 Å². The minimum absolute atomic E-state index is 0.284. The molecule has 22 heavy (non-hydrogen) atoms. The molecule has 2 heterocycles. The monoisotopic (exact) mass is 336 g/mol. The molecule has 1 atom stereocenters. The molecule has 1 fully saturated rings. The molecule has 3 nitrogen and oxygen atoms in total. The van der Waals surface area contributed by atoms with Crippen LogP contribution >= 0.6 is 23.2 Å². The van der Waals surface area contributed by atoms with E-state index in [1.807, 2.05) is 30.5 Å². The summed E-state index contributed by atoms with van der Waals surface area (Å²) in [5.41, 5.74) is 3.06. The first-order valence-electron chi connectivity index (χ1n) is 7.38. The summed E-state index contributed by atoms with van der Waals surface area (Å²) in [6.45, 7) is 5.64. The van der Waals surface area contributed by atoms with Crippen LogP contribution in [-0.4, -0.2) is 36.2 Å². The summed E-state index contributed by atoms with van der Waals surface area (Å²) in [4.78, 5) is 6.76. The van der Waals surface area contributed by atoms with Gasteiger partial charge in [-0.2, -0.15) is 0 Å². The molecule has 5 heteroatoms. The molecule has 1 aromatic carbocycles. The maximum absolute atomic E-state index is 6.29. The highest BCUT2D eigenvalue weighted by Gasteiger charge is 2.20. The molecule has 1 aliphatic heterocycles. The van der Waals surface area contributed by atoms with Crippen molar-refractivity contribution >= 4 is 23.2 Å². The van der Waals surface area contributed by atoms with E-state index < -0.39 is 0 Å². The van der Waals surface area contributed by atoms with E-state index in [9.17, 15) is 0 Å². The molecule has 3 rings (SSSR count). The van der Waals surface area contributed by atoms with Crippen LogP contribution in [0.25, 0.3) is 11.1 Å². The predicted octanol–water partition coefficient (Wildman–Crippen LogP) is 4.45. The maximum atomic E-state index is 6.29. The lowest BCUT2D eigenvalue weighted by Crippen LogP contribution is -2.38. The first-order valence-corrected chi connectivity index (χ1v) is 8.14. The number of halogens is 2. The SMILES string of the molecule is CC(c1cnc(Cl)c(-c2cccc(Cl)c2)c1)N1CCOCC1. The van der Waals surface area contributed by atoms with Crippen LogP contribution in [0.3, 0.4) is 0 Å². The van der Waals surface area contributed by atoms with E-state index in [0.29, 0.717) is 10.2 Å². The lowest BCUT2D eigenvalue weighted by molar-refractivity contribution is 0.0198. The number of morpholine rings is 1. The number of pyridine rings is 1. The highest BCUT2D eigenvalue weighted by Crippen LogP contribution is 2.31. The van der Waals surface area contributed by atoms with Gasteiger partial charge in [0.2, 0.25) is 0 Å². The molecule has 116 valence electrons. The van der Waals surface area contributed by atoms with E-state index >= 15 is 0 Å². The Balaban J connectivity index is 1.92. The van der Waals surface area contributed by atoms with Crippen LogP contribution in [0.2, 0.25) is 10.2 Å². The largest absolute Gasteiger partial charge is 0.379 e. The highest BCUT2D eigenvalue weighted by atomic mass is 35.5. The van der Waals surface area contributed by atoms with Crippen LogP contribution < -0.4 is 0 Å². The summed E-state index contributed by atoms with van der Waals surface area (Å²) in [6, 6.07) is 10.1. The summed E-state index contributed by atoms with van der Waals surface area (Å²) in [7, 11) is 0. The third-order valence-electron chi connectivity index (χ3n) is 4.07. The Morgan fingerprint density at radius 1 is 1.18 bits per heavy atom. The van der Waals surface area contributed by atoms with E-state index in [4.69, 9.17) is 27.9 Å². The quantitative estimate of drug-likeness (QED) is 0.774. The summed E-state index contributed by atoms with van der Waals surface area (Å²) in [5.74, 6) is 0. The second-order valence-electron chi connectivity index (χ2n) is 5.44. The maximum Gasteiger partial charge on any atom is 0.136 e. The van der Waals surface area contributed by atoms with E-state index in [-0.39, 0.29) is 6.04 Å². The summed E-state index contributed by atoms with van der Waals surface area (Å²) in [5, 5.41) is 1.19. The van der Waals surface area contributed by atoms with Gasteiger partial charge < -0.3 is 4.74 Å². The van der Waals surface area contributed by atoms with Gasteiger partial charge in [-0.25, -0.2) is 4.98 Å². The number of benzene rings is 1. The third kappa shape index (κ3) is 3.44. The van der Waals surface area contributed by atoms with Crippen LogP contribution in [0.1, 0.15) is 18.5 Å². The average molecular weight is 337 g/mol. The number of rotatable bonds is 3. The molecule has 1 aromatic heterocycles. The predicted molar refractivity (Wildman–Crippen MR) is 90.5 cm³/mol. The van der Waals surface area contributed by atoms with Gasteiger partial charge in [0.25, 0.3) is 0 Å². The van der Waals surface area contributed by atoms with E-state index in [0.717, 1.165) is 43.0 Å². The Labute approximate surface area is 140 Å². The Kier molecular flexibility index (Phi) is 4.99. The minimum atomic E-state index is 0.284. The second kappa shape index (κ2) is 6.97. The van der Waals surface area contributed by atoms with Gasteiger partial charge in [0, 0.05) is 35.9 Å². The van der Waals surface area contributed by atoms with Crippen molar-refractivity contribution in [2.75, 3.05) is 26.3 Å². The molecule has 1 aliphatic rings. The van der Waals surface area contributed by atoms with E-state index in [1.165, 1.54) is 0 Å². The zero-order valence-corrected chi connectivity index (χ0v) is 13.9. The molecule has 0 aliphatic carbocycles. The van der Waals surface area contributed by atoms with Crippen LogP contribution in [0.4, 0.5) is 0 Å². The number of ether oxygens (including phenoxy) is 1. The first-order chi connectivity index (χ1) is 10.6. The standard InChI is InChI=1S/C17H18Cl2N2O/c1-12(21-5-7-22-8-6-21)14-10-16(17(19)20-11-14)13-3-2-4-15(18)9-13/h2-4,9-12H,5-8H2,1H3. The molecule has 0 spiro atoms. The first kappa shape index (κ1) is 15.8. The molecule has 0 amide bonds. The lowest BCUT2D eigenvalue weighted by Gasteiger charge is -2.32. The van der Waals surface area contributed by atoms with Gasteiger partial charge in [-0.15, -0.1) is 0 Å². The fourth-order valence-corrected chi connectivity index (χ4v) is 3.13. The molecular formula is C17H18Cl2N2O. The van der Waals surface area contributed by atoms with Gasteiger partial charge in [-0.1, -0.05) is 35.3 Å². The van der Waals surface area contributed by atoms with Gasteiger partial charge >= 0.3 is 0 Å². The zero-order chi connectivity index (χ0) is 15.5. The number of hydrogen-bond donors (Lipinski definition) is 0. The van der Waals surface area contributed by atoms with Crippen LogP contribution in [0.15, 0.2) is 36.5 Å². The number of hydrogen-bond acceptors (Lipinski definition) is 3. The minimum Gasteiger partial charge on any atom is -0.379 e. The smallest absolute Gasteiger partial charge is 0.136 e. The van der Waals surface area contributed by atoms with Gasteiger partial charge in [-0.05, 0) is 36.2 Å². The van der Waals surface area contributed by atoms with Crippen molar-refractivity contribution in [2.45, 2.75) is 13.0 Å². The molecule has 1 saturated heterocycles. The van der Waals surface area contributed by atoms with Gasteiger partial charge in [-0.3, -0.25) is 4.90 Å². The van der Waals surface area contributed by atoms with Crippen molar-refractivity contribution in [1.29, 1.82) is 0 Å². The molecule has 0 radical (unpaired) electrons. The Morgan fingerprint density at radius 3 is 2.68 bits per heavy atom. The van der Waals surface area contributed by atoms with Crippen molar-refractivity contribution in [3.05, 3.63) is 52.3 Å². The Hall–Kier alpha value is -1.13. The summed E-state index contributed by atoms with van der Waals surface area (Å²) in [6.07, 6.45) is 1.86. The van der Waals surface area contributed by atoms with Crippen molar-refractivity contribution in [3.63, 3.8) is 0 Å². The average Bonchev–Trinajstić information content (AvgIpc) is 2.55. The third-order valence-corrected chi connectivity index (χ3v) is 4.61. The zero-order valence-electron chi connectivity index (χ0n) is 12.4. The fourth-order valence-electron chi connectivity index (χ4n) is 2.73. The molecular weight excluding hydrogens is 319 g/mol. The molecule has 0 saturated carbocycles. The molecule has 1 unspecified atom stereocenters. The van der Waals surface area contributed by atoms with Crippen molar-refractivity contribution in [3.8, 4) is 11.1 Å². The van der Waals surface area contributed by atoms with Gasteiger partial charge in [0.05, 0.1) is 13.2 Å². The van der Waals surface area contributed by atoms with Crippen molar-refractivity contribution in [1.82, 2.24) is 9.88 Å². The van der Waals surface area contributed by atoms with Crippen LogP contribution in [-0.2, 0) is 4.74 Å².